The standard InChI is InChI=1S/C13H23N3O2S/c1-3-5-7-11(6-4-2)16-19(17,18)12-8-9-15-13(14)10-12/h8-11,16H,3-7H2,1-2H3,(H2,14,15). The number of hydrogen-bond acceptors (Lipinski definition) is 4. The molecule has 1 unspecified atom stereocenters. The molecule has 1 rings (SSSR count). The molecule has 0 aliphatic heterocycles. The number of hydrogen-bond donors (Lipinski definition) is 2. The van der Waals surface area contributed by atoms with Crippen LogP contribution in [0.3, 0.4) is 0 Å². The maximum Gasteiger partial charge on any atom is 0.241 e. The van der Waals surface area contributed by atoms with Crippen LogP contribution in [0.1, 0.15) is 46.0 Å². The number of aromatic nitrogens is 1. The second-order valence-electron chi connectivity index (χ2n) is 4.67. The van der Waals surface area contributed by atoms with E-state index in [1.165, 1.54) is 18.3 Å². The zero-order chi connectivity index (χ0) is 14.3. The van der Waals surface area contributed by atoms with Crippen molar-refractivity contribution in [3.05, 3.63) is 18.3 Å². The molecule has 0 aliphatic rings. The molecule has 0 radical (unpaired) electrons. The molecular weight excluding hydrogens is 262 g/mol. The molecule has 0 spiro atoms. The summed E-state index contributed by atoms with van der Waals surface area (Å²) in [6, 6.07) is 2.83. The number of nitrogen functional groups attached to an aromatic ring is 1. The Labute approximate surface area is 115 Å². The van der Waals surface area contributed by atoms with E-state index in [1.807, 2.05) is 0 Å². The Balaban J connectivity index is 2.81. The minimum Gasteiger partial charge on any atom is -0.384 e. The summed E-state index contributed by atoms with van der Waals surface area (Å²) in [4.78, 5) is 3.98. The molecule has 19 heavy (non-hydrogen) atoms. The molecule has 0 amide bonds. The van der Waals surface area contributed by atoms with E-state index in [9.17, 15) is 8.42 Å². The van der Waals surface area contributed by atoms with Crippen molar-refractivity contribution in [1.29, 1.82) is 0 Å². The average molecular weight is 285 g/mol. The zero-order valence-electron chi connectivity index (χ0n) is 11.6. The molecule has 1 heterocycles. The number of nitrogens with zero attached hydrogens (tertiary/aromatic N) is 1. The van der Waals surface area contributed by atoms with Crippen LogP contribution in [0.15, 0.2) is 23.2 Å². The Morgan fingerprint density at radius 3 is 2.63 bits per heavy atom. The van der Waals surface area contributed by atoms with Gasteiger partial charge in [-0.05, 0) is 18.9 Å². The third-order valence-corrected chi connectivity index (χ3v) is 4.45. The van der Waals surface area contributed by atoms with Gasteiger partial charge >= 0.3 is 0 Å². The molecule has 108 valence electrons. The van der Waals surface area contributed by atoms with Gasteiger partial charge in [0.05, 0.1) is 4.90 Å². The van der Waals surface area contributed by atoms with Crippen LogP contribution in [0.25, 0.3) is 0 Å². The van der Waals surface area contributed by atoms with Gasteiger partial charge in [-0.15, -0.1) is 0 Å². The van der Waals surface area contributed by atoms with Gasteiger partial charge in [0.25, 0.3) is 0 Å². The first-order chi connectivity index (χ1) is 8.99. The van der Waals surface area contributed by atoms with Gasteiger partial charge in [0.2, 0.25) is 10.0 Å². The van der Waals surface area contributed by atoms with Crippen molar-refractivity contribution in [2.45, 2.75) is 56.9 Å². The Hall–Kier alpha value is -1.14. The largest absolute Gasteiger partial charge is 0.384 e. The molecule has 1 aromatic rings. The SMILES string of the molecule is CCCCC(CCC)NS(=O)(=O)c1ccnc(N)c1. The van der Waals surface area contributed by atoms with Gasteiger partial charge in [-0.25, -0.2) is 18.1 Å². The molecular formula is C13H23N3O2S. The van der Waals surface area contributed by atoms with Crippen LogP contribution < -0.4 is 10.5 Å². The van der Waals surface area contributed by atoms with E-state index in [4.69, 9.17) is 5.73 Å². The van der Waals surface area contributed by atoms with Gasteiger partial charge in [-0.3, -0.25) is 0 Å². The van der Waals surface area contributed by atoms with Gasteiger partial charge in [0.15, 0.2) is 0 Å². The first kappa shape index (κ1) is 15.9. The summed E-state index contributed by atoms with van der Waals surface area (Å²) in [5.41, 5.74) is 5.52. The lowest BCUT2D eigenvalue weighted by Gasteiger charge is -2.18. The molecule has 3 N–H and O–H groups in total. The number of pyridine rings is 1. The maximum atomic E-state index is 12.2. The molecule has 5 nitrogen and oxygen atoms in total. The Morgan fingerprint density at radius 2 is 2.05 bits per heavy atom. The van der Waals surface area contributed by atoms with Crippen LogP contribution in [-0.4, -0.2) is 19.4 Å². The fourth-order valence-electron chi connectivity index (χ4n) is 1.94. The summed E-state index contributed by atoms with van der Waals surface area (Å²) in [6.45, 7) is 4.15. The van der Waals surface area contributed by atoms with Crippen molar-refractivity contribution >= 4 is 15.8 Å². The van der Waals surface area contributed by atoms with Crippen molar-refractivity contribution in [2.75, 3.05) is 5.73 Å². The van der Waals surface area contributed by atoms with Gasteiger partial charge in [0, 0.05) is 18.3 Å². The Kier molecular flexibility index (Phi) is 6.24. The molecule has 0 saturated heterocycles. The van der Waals surface area contributed by atoms with Crippen LogP contribution in [-0.2, 0) is 10.0 Å². The Morgan fingerprint density at radius 1 is 1.32 bits per heavy atom. The molecule has 0 aliphatic carbocycles. The smallest absolute Gasteiger partial charge is 0.241 e. The molecule has 1 atom stereocenters. The lowest BCUT2D eigenvalue weighted by Crippen LogP contribution is -2.34. The lowest BCUT2D eigenvalue weighted by atomic mass is 10.1. The molecule has 1 aromatic heterocycles. The van der Waals surface area contributed by atoms with Gasteiger partial charge < -0.3 is 5.73 Å². The number of sulfonamides is 1. The summed E-state index contributed by atoms with van der Waals surface area (Å²) in [5, 5.41) is 0. The monoisotopic (exact) mass is 285 g/mol. The second-order valence-corrected chi connectivity index (χ2v) is 6.38. The summed E-state index contributed by atoms with van der Waals surface area (Å²) < 4.78 is 27.2. The summed E-state index contributed by atoms with van der Waals surface area (Å²) >= 11 is 0. The average Bonchev–Trinajstić information content (AvgIpc) is 2.36. The van der Waals surface area contributed by atoms with Crippen LogP contribution in [0.5, 0.6) is 0 Å². The topological polar surface area (TPSA) is 85.1 Å². The van der Waals surface area contributed by atoms with Gasteiger partial charge in [0.1, 0.15) is 5.82 Å². The Bertz CT molecular complexity index is 488. The van der Waals surface area contributed by atoms with Crippen molar-refractivity contribution in [1.82, 2.24) is 9.71 Å². The molecule has 6 heteroatoms. The van der Waals surface area contributed by atoms with E-state index in [0.29, 0.717) is 0 Å². The highest BCUT2D eigenvalue weighted by atomic mass is 32.2. The fraction of sp³-hybridized carbons (Fsp3) is 0.615. The highest BCUT2D eigenvalue weighted by Gasteiger charge is 2.19. The highest BCUT2D eigenvalue weighted by Crippen LogP contribution is 2.14. The minimum atomic E-state index is -3.50. The van der Waals surface area contributed by atoms with E-state index < -0.39 is 10.0 Å². The van der Waals surface area contributed by atoms with Crippen molar-refractivity contribution < 1.29 is 8.42 Å². The molecule has 0 bridgehead atoms. The van der Waals surface area contributed by atoms with E-state index in [2.05, 4.69) is 23.6 Å². The van der Waals surface area contributed by atoms with E-state index in [-0.39, 0.29) is 16.8 Å². The van der Waals surface area contributed by atoms with Crippen LogP contribution in [0.4, 0.5) is 5.82 Å². The number of rotatable bonds is 8. The van der Waals surface area contributed by atoms with Crippen molar-refractivity contribution in [2.24, 2.45) is 0 Å². The summed E-state index contributed by atoms with van der Waals surface area (Å²) in [7, 11) is -3.50. The first-order valence-corrected chi connectivity index (χ1v) is 8.21. The third-order valence-electron chi connectivity index (χ3n) is 2.93. The fourth-order valence-corrected chi connectivity index (χ4v) is 3.27. The van der Waals surface area contributed by atoms with Crippen molar-refractivity contribution in [3.63, 3.8) is 0 Å². The second kappa shape index (κ2) is 7.45. The van der Waals surface area contributed by atoms with Crippen molar-refractivity contribution in [3.8, 4) is 0 Å². The molecule has 0 saturated carbocycles. The number of anilines is 1. The van der Waals surface area contributed by atoms with Gasteiger partial charge in [-0.1, -0.05) is 33.1 Å². The first-order valence-electron chi connectivity index (χ1n) is 6.73. The van der Waals surface area contributed by atoms with E-state index in [0.717, 1.165) is 32.1 Å². The summed E-state index contributed by atoms with van der Waals surface area (Å²) in [5.74, 6) is 0.212. The minimum absolute atomic E-state index is 0.00987. The summed E-state index contributed by atoms with van der Waals surface area (Å²) in [6.07, 6.45) is 6.15. The predicted molar refractivity (Wildman–Crippen MR) is 77.2 cm³/mol. The highest BCUT2D eigenvalue weighted by molar-refractivity contribution is 7.89. The number of unbranched alkanes of at least 4 members (excludes halogenated alkanes) is 1. The zero-order valence-corrected chi connectivity index (χ0v) is 12.4. The molecule has 0 fully saturated rings. The third kappa shape index (κ3) is 5.16. The van der Waals surface area contributed by atoms with Crippen LogP contribution in [0.2, 0.25) is 0 Å². The molecule has 0 aromatic carbocycles. The van der Waals surface area contributed by atoms with E-state index >= 15 is 0 Å². The maximum absolute atomic E-state index is 12.2. The quantitative estimate of drug-likeness (QED) is 0.767. The van der Waals surface area contributed by atoms with Crippen LogP contribution >= 0.6 is 0 Å². The number of nitrogens with two attached hydrogens (primary N) is 1. The van der Waals surface area contributed by atoms with Gasteiger partial charge in [-0.2, -0.15) is 0 Å². The predicted octanol–water partition coefficient (Wildman–Crippen LogP) is 2.30. The number of nitrogens with one attached hydrogen (secondary N) is 1. The van der Waals surface area contributed by atoms with E-state index in [1.54, 1.807) is 0 Å². The van der Waals surface area contributed by atoms with Crippen LogP contribution in [0, 0.1) is 0 Å². The normalized spacial score (nSPS) is 13.4. The lowest BCUT2D eigenvalue weighted by molar-refractivity contribution is 0.483.